The van der Waals surface area contributed by atoms with Gasteiger partial charge in [-0.15, -0.1) is 0 Å². The summed E-state index contributed by atoms with van der Waals surface area (Å²) in [5, 5.41) is 0.545. The number of benzene rings is 2. The Bertz CT molecular complexity index is 1770. The Kier molecular flexibility index (Phi) is 4.05. The number of nitrogens with zero attached hydrogens (tertiary/aromatic N) is 3. The molecule has 186 valence electrons. The minimum atomic E-state index is -3.00. The number of carbonyl (C=O) groups is 1. The van der Waals surface area contributed by atoms with Crippen molar-refractivity contribution < 1.29 is 26.9 Å². The molecule has 3 heterocycles. The van der Waals surface area contributed by atoms with Crippen LogP contribution in [0.15, 0.2) is 47.5 Å². The van der Waals surface area contributed by atoms with Gasteiger partial charge in [-0.25, -0.2) is 4.39 Å². The monoisotopic (exact) mass is 495 g/mol. The first-order chi connectivity index (χ1) is 19.8. The topological polar surface area (TPSA) is 65.7 Å². The standard InChI is InChI=1S/C28H28FN3O4/c1-35-25-14-20-21(15-26(25)36-2)28(34)32(16-22(20)27(33)30-9-4-3-5-10-30)24-13-17(29)12-23-19(24)8-11-31(23)18-6-7-18/h8,11-16,18H,3-7,9-10H2,1-2H3/i1D3,2D3. The Balaban J connectivity index is 1.64. The zero-order valence-corrected chi connectivity index (χ0v) is 19.4. The average molecular weight is 496 g/mol. The lowest BCUT2D eigenvalue weighted by Gasteiger charge is -2.27. The third kappa shape index (κ3) is 3.63. The smallest absolute Gasteiger partial charge is 0.263 e. The normalized spacial score (nSPS) is 19.2. The second kappa shape index (κ2) is 8.69. The highest BCUT2D eigenvalue weighted by Gasteiger charge is 2.27. The van der Waals surface area contributed by atoms with Gasteiger partial charge in [-0.05, 0) is 62.4 Å². The molecule has 1 amide bonds. The average Bonchev–Trinajstić information content (AvgIpc) is 3.66. The zero-order chi connectivity index (χ0) is 30.0. The molecule has 6 rings (SSSR count). The fourth-order valence-electron chi connectivity index (χ4n) is 5.20. The van der Waals surface area contributed by atoms with E-state index in [1.807, 2.05) is 10.8 Å². The number of amides is 1. The van der Waals surface area contributed by atoms with Crippen LogP contribution in [0, 0.1) is 5.82 Å². The number of methoxy groups -OCH3 is 2. The molecule has 0 radical (unpaired) electrons. The number of piperidine rings is 1. The maximum Gasteiger partial charge on any atom is 0.263 e. The van der Waals surface area contributed by atoms with Crippen LogP contribution in [0.2, 0.25) is 0 Å². The molecule has 0 atom stereocenters. The Morgan fingerprint density at radius 2 is 1.72 bits per heavy atom. The van der Waals surface area contributed by atoms with E-state index in [9.17, 15) is 9.59 Å². The van der Waals surface area contributed by atoms with Gasteiger partial charge in [0.1, 0.15) is 5.82 Å². The van der Waals surface area contributed by atoms with E-state index in [-0.39, 0.29) is 28.1 Å². The molecule has 0 spiro atoms. The molecule has 1 saturated heterocycles. The lowest BCUT2D eigenvalue weighted by atomic mass is 10.0. The number of likely N-dealkylation sites (tertiary alicyclic amines) is 1. The third-order valence-corrected chi connectivity index (χ3v) is 7.16. The maximum absolute atomic E-state index is 15.0. The molecule has 2 aromatic heterocycles. The lowest BCUT2D eigenvalue weighted by Crippen LogP contribution is -2.36. The van der Waals surface area contributed by atoms with Crippen molar-refractivity contribution in [3.63, 3.8) is 0 Å². The molecular weight excluding hydrogens is 461 g/mol. The van der Waals surface area contributed by atoms with E-state index in [1.54, 1.807) is 11.0 Å². The summed E-state index contributed by atoms with van der Waals surface area (Å²) in [6.07, 6.45) is 7.68. The third-order valence-electron chi connectivity index (χ3n) is 7.16. The minimum Gasteiger partial charge on any atom is -0.493 e. The highest BCUT2D eigenvalue weighted by Crippen LogP contribution is 2.39. The summed E-state index contributed by atoms with van der Waals surface area (Å²) in [7, 11) is -5.98. The maximum atomic E-state index is 15.0. The van der Waals surface area contributed by atoms with Crippen molar-refractivity contribution in [2.24, 2.45) is 0 Å². The van der Waals surface area contributed by atoms with Crippen LogP contribution < -0.4 is 15.0 Å². The molecule has 2 aromatic carbocycles. The molecule has 2 aliphatic rings. The summed E-state index contributed by atoms with van der Waals surface area (Å²) >= 11 is 0. The van der Waals surface area contributed by atoms with Gasteiger partial charge in [0.25, 0.3) is 11.5 Å². The summed E-state index contributed by atoms with van der Waals surface area (Å²) in [6, 6.07) is 6.88. The lowest BCUT2D eigenvalue weighted by molar-refractivity contribution is 0.0725. The first-order valence-electron chi connectivity index (χ1n) is 15.0. The molecule has 36 heavy (non-hydrogen) atoms. The van der Waals surface area contributed by atoms with Crippen LogP contribution in [0.4, 0.5) is 4.39 Å². The summed E-state index contributed by atoms with van der Waals surface area (Å²) in [6.45, 7) is 0.986. The highest BCUT2D eigenvalue weighted by molar-refractivity contribution is 6.07. The molecule has 7 nitrogen and oxygen atoms in total. The number of fused-ring (bicyclic) bond motifs is 2. The molecule has 2 fully saturated rings. The van der Waals surface area contributed by atoms with Gasteiger partial charge in [0.2, 0.25) is 0 Å². The summed E-state index contributed by atoms with van der Waals surface area (Å²) in [4.78, 5) is 29.6. The number of ether oxygens (including phenoxy) is 2. The van der Waals surface area contributed by atoms with E-state index in [1.165, 1.54) is 22.9 Å². The van der Waals surface area contributed by atoms with Gasteiger partial charge in [0.15, 0.2) is 11.5 Å². The van der Waals surface area contributed by atoms with Crippen molar-refractivity contribution in [3.8, 4) is 17.2 Å². The van der Waals surface area contributed by atoms with Gasteiger partial charge in [-0.3, -0.25) is 14.2 Å². The van der Waals surface area contributed by atoms with Gasteiger partial charge < -0.3 is 18.9 Å². The van der Waals surface area contributed by atoms with Gasteiger partial charge in [0, 0.05) is 42.3 Å². The van der Waals surface area contributed by atoms with E-state index < -0.39 is 42.9 Å². The van der Waals surface area contributed by atoms with Gasteiger partial charge in [0.05, 0.1) is 44.5 Å². The number of carbonyl (C=O) groups excluding carboxylic acids is 1. The van der Waals surface area contributed by atoms with Crippen molar-refractivity contribution in [2.45, 2.75) is 38.1 Å². The van der Waals surface area contributed by atoms with Gasteiger partial charge in [-0.2, -0.15) is 0 Å². The second-order valence-corrected chi connectivity index (χ2v) is 9.43. The van der Waals surface area contributed by atoms with Crippen LogP contribution in [0.3, 0.4) is 0 Å². The molecule has 0 bridgehead atoms. The number of hydrogen-bond donors (Lipinski definition) is 0. The zero-order valence-electron chi connectivity index (χ0n) is 25.4. The molecule has 4 aromatic rings. The fourth-order valence-corrected chi connectivity index (χ4v) is 5.20. The van der Waals surface area contributed by atoms with E-state index in [0.717, 1.165) is 44.2 Å². The Morgan fingerprint density at radius 1 is 1.00 bits per heavy atom. The Morgan fingerprint density at radius 3 is 2.42 bits per heavy atom. The van der Waals surface area contributed by atoms with Gasteiger partial charge in [-0.1, -0.05) is 0 Å². The van der Waals surface area contributed by atoms with Crippen molar-refractivity contribution >= 4 is 27.6 Å². The molecule has 0 N–H and O–H groups in total. The minimum absolute atomic E-state index is 0.0568. The number of rotatable bonds is 5. The summed E-state index contributed by atoms with van der Waals surface area (Å²) in [5.74, 6) is -1.94. The fraction of sp³-hybridized carbons (Fsp3) is 0.357. The number of aromatic nitrogens is 2. The second-order valence-electron chi connectivity index (χ2n) is 9.43. The van der Waals surface area contributed by atoms with Crippen LogP contribution in [0.25, 0.3) is 27.4 Å². The van der Waals surface area contributed by atoms with Crippen molar-refractivity contribution in [3.05, 3.63) is 64.5 Å². The van der Waals surface area contributed by atoms with E-state index in [2.05, 4.69) is 0 Å². The van der Waals surface area contributed by atoms with E-state index in [0.29, 0.717) is 24.0 Å². The SMILES string of the molecule is [2H]C([2H])([2H])Oc1cc2c(C(=O)N3CCCCC3)cn(-c3cc(F)cc4c3ccn4C3CC3)c(=O)c2cc1OC([2H])([2H])[2H]. The predicted octanol–water partition coefficient (Wildman–Crippen LogP) is 5.06. The Hall–Kier alpha value is -3.81. The summed E-state index contributed by atoms with van der Waals surface area (Å²) in [5.41, 5.74) is 0.199. The van der Waals surface area contributed by atoms with Crippen molar-refractivity contribution in [1.29, 1.82) is 0 Å². The molecule has 8 heteroatoms. The largest absolute Gasteiger partial charge is 0.493 e. The Labute approximate surface area is 216 Å². The van der Waals surface area contributed by atoms with Crippen LogP contribution in [0.5, 0.6) is 11.5 Å². The van der Waals surface area contributed by atoms with Gasteiger partial charge >= 0.3 is 0 Å². The van der Waals surface area contributed by atoms with E-state index >= 15 is 4.39 Å². The quantitative estimate of drug-likeness (QED) is 0.388. The molecular formula is C28H28FN3O4. The van der Waals surface area contributed by atoms with Crippen LogP contribution in [-0.4, -0.2) is 47.1 Å². The molecule has 1 aliphatic heterocycles. The highest BCUT2D eigenvalue weighted by atomic mass is 19.1. The molecule has 1 saturated carbocycles. The first kappa shape index (κ1) is 16.8. The summed E-state index contributed by atoms with van der Waals surface area (Å²) < 4.78 is 73.7. The van der Waals surface area contributed by atoms with Crippen molar-refractivity contribution in [1.82, 2.24) is 14.0 Å². The van der Waals surface area contributed by atoms with Crippen LogP contribution in [0.1, 0.15) is 56.7 Å². The number of pyridine rings is 1. The van der Waals surface area contributed by atoms with E-state index in [4.69, 9.17) is 17.7 Å². The first-order valence-corrected chi connectivity index (χ1v) is 12.0. The van der Waals surface area contributed by atoms with Crippen LogP contribution >= 0.6 is 0 Å². The molecule has 0 unspecified atom stereocenters. The van der Waals surface area contributed by atoms with Crippen molar-refractivity contribution in [2.75, 3.05) is 27.2 Å². The number of hydrogen-bond acceptors (Lipinski definition) is 4. The van der Waals surface area contributed by atoms with Crippen LogP contribution in [-0.2, 0) is 0 Å². The molecule has 1 aliphatic carbocycles. The predicted molar refractivity (Wildman–Crippen MR) is 136 cm³/mol. The number of halogens is 1.